The van der Waals surface area contributed by atoms with Gasteiger partial charge in [0.05, 0.1) is 0 Å². The lowest BCUT2D eigenvalue weighted by Gasteiger charge is -2.16. The lowest BCUT2D eigenvalue weighted by molar-refractivity contribution is -0.138. The van der Waals surface area contributed by atoms with Crippen molar-refractivity contribution in [2.75, 3.05) is 13.1 Å². The number of hydrogen-bond acceptors (Lipinski definition) is 2. The first-order valence-corrected chi connectivity index (χ1v) is 6.68. The molecule has 1 aliphatic heterocycles. The largest absolute Gasteiger partial charge is 0.481 e. The highest BCUT2D eigenvalue weighted by Crippen LogP contribution is 2.26. The van der Waals surface area contributed by atoms with Crippen molar-refractivity contribution in [1.29, 1.82) is 0 Å². The maximum absolute atomic E-state index is 10.7. The number of halogens is 2. The van der Waals surface area contributed by atoms with Gasteiger partial charge in [0.25, 0.3) is 0 Å². The van der Waals surface area contributed by atoms with E-state index in [2.05, 4.69) is 4.90 Å². The van der Waals surface area contributed by atoms with Gasteiger partial charge in [-0.3, -0.25) is 9.69 Å². The number of aliphatic carboxylic acids is 1. The van der Waals surface area contributed by atoms with Crippen LogP contribution < -0.4 is 0 Å². The second kappa shape index (κ2) is 5.91. The van der Waals surface area contributed by atoms with Gasteiger partial charge in [0.1, 0.15) is 0 Å². The maximum atomic E-state index is 10.7. The van der Waals surface area contributed by atoms with Gasteiger partial charge >= 0.3 is 5.97 Å². The molecule has 1 saturated heterocycles. The quantitative estimate of drug-likeness (QED) is 0.924. The normalized spacial score (nSPS) is 20.2. The summed E-state index contributed by atoms with van der Waals surface area (Å²) in [7, 11) is 0. The van der Waals surface area contributed by atoms with E-state index in [9.17, 15) is 4.79 Å². The van der Waals surface area contributed by atoms with Gasteiger partial charge in [-0.15, -0.1) is 0 Å². The van der Waals surface area contributed by atoms with Crippen molar-refractivity contribution in [3.63, 3.8) is 0 Å². The van der Waals surface area contributed by atoms with Crippen LogP contribution in [0.3, 0.4) is 0 Å². The molecule has 1 unspecified atom stereocenters. The molecule has 1 N–H and O–H groups in total. The van der Waals surface area contributed by atoms with Crippen LogP contribution in [0.4, 0.5) is 0 Å². The van der Waals surface area contributed by atoms with E-state index in [0.717, 1.165) is 31.6 Å². The predicted octanol–water partition coefficient (Wildman–Crippen LogP) is 3.29. The fourth-order valence-corrected chi connectivity index (χ4v) is 2.83. The second-order valence-corrected chi connectivity index (χ2v) is 5.57. The van der Waals surface area contributed by atoms with Crippen molar-refractivity contribution in [1.82, 2.24) is 4.90 Å². The Morgan fingerprint density at radius 3 is 2.89 bits per heavy atom. The number of likely N-dealkylation sites (tertiary alicyclic amines) is 1. The predicted molar refractivity (Wildman–Crippen MR) is 72.1 cm³/mol. The van der Waals surface area contributed by atoms with E-state index in [-0.39, 0.29) is 12.3 Å². The van der Waals surface area contributed by atoms with Gasteiger partial charge in [-0.1, -0.05) is 29.3 Å². The summed E-state index contributed by atoms with van der Waals surface area (Å²) < 4.78 is 0. The molecule has 1 aromatic rings. The zero-order valence-corrected chi connectivity index (χ0v) is 11.4. The number of nitrogens with zero attached hydrogens (tertiary/aromatic N) is 1. The van der Waals surface area contributed by atoms with E-state index in [0.29, 0.717) is 10.0 Å². The van der Waals surface area contributed by atoms with Crippen LogP contribution in [0, 0.1) is 5.92 Å². The molecule has 0 saturated carbocycles. The average Bonchev–Trinajstić information content (AvgIpc) is 2.69. The summed E-state index contributed by atoms with van der Waals surface area (Å²) in [6, 6.07) is 5.49. The average molecular weight is 288 g/mol. The number of rotatable bonds is 4. The minimum Gasteiger partial charge on any atom is -0.481 e. The van der Waals surface area contributed by atoms with E-state index >= 15 is 0 Å². The molecule has 0 aromatic heterocycles. The van der Waals surface area contributed by atoms with E-state index in [4.69, 9.17) is 28.3 Å². The molecule has 0 radical (unpaired) electrons. The van der Waals surface area contributed by atoms with Crippen molar-refractivity contribution in [2.24, 2.45) is 5.92 Å². The molecular formula is C13H15Cl2NO2. The lowest BCUT2D eigenvalue weighted by Crippen LogP contribution is -2.21. The molecule has 0 aliphatic carbocycles. The standard InChI is InChI=1S/C13H15Cl2NO2/c14-11-2-1-10(12(15)6-11)8-16-4-3-9(7-16)5-13(17)18/h1-2,6,9H,3-5,7-8H2,(H,17,18). The molecule has 2 rings (SSSR count). The fraction of sp³-hybridized carbons (Fsp3) is 0.462. The summed E-state index contributed by atoms with van der Waals surface area (Å²) in [6.45, 7) is 2.51. The first-order valence-electron chi connectivity index (χ1n) is 5.92. The van der Waals surface area contributed by atoms with Crippen LogP contribution in [-0.2, 0) is 11.3 Å². The molecule has 5 heteroatoms. The number of hydrogen-bond donors (Lipinski definition) is 1. The van der Waals surface area contributed by atoms with E-state index in [1.165, 1.54) is 0 Å². The Balaban J connectivity index is 1.93. The van der Waals surface area contributed by atoms with E-state index in [1.807, 2.05) is 12.1 Å². The van der Waals surface area contributed by atoms with Crippen molar-refractivity contribution in [3.8, 4) is 0 Å². The van der Waals surface area contributed by atoms with Crippen molar-refractivity contribution < 1.29 is 9.90 Å². The molecule has 0 spiro atoms. The number of benzene rings is 1. The Morgan fingerprint density at radius 1 is 1.44 bits per heavy atom. The van der Waals surface area contributed by atoms with Crippen LogP contribution >= 0.6 is 23.2 Å². The second-order valence-electron chi connectivity index (χ2n) is 4.72. The summed E-state index contributed by atoms with van der Waals surface area (Å²) in [4.78, 5) is 12.9. The van der Waals surface area contributed by atoms with Gasteiger partial charge in [0.2, 0.25) is 0 Å². The van der Waals surface area contributed by atoms with Crippen molar-refractivity contribution >= 4 is 29.2 Å². The van der Waals surface area contributed by atoms with E-state index < -0.39 is 5.97 Å². The third kappa shape index (κ3) is 3.61. The first-order chi connectivity index (χ1) is 8.54. The van der Waals surface area contributed by atoms with Gasteiger partial charge in [-0.2, -0.15) is 0 Å². The number of carboxylic acids is 1. The molecule has 98 valence electrons. The monoisotopic (exact) mass is 287 g/mol. The molecule has 1 atom stereocenters. The molecule has 3 nitrogen and oxygen atoms in total. The minimum atomic E-state index is -0.716. The summed E-state index contributed by atoms with van der Waals surface area (Å²) in [5.41, 5.74) is 1.04. The molecule has 18 heavy (non-hydrogen) atoms. The smallest absolute Gasteiger partial charge is 0.303 e. The molecule has 1 fully saturated rings. The van der Waals surface area contributed by atoms with Crippen LogP contribution in [0.2, 0.25) is 10.0 Å². The SMILES string of the molecule is O=C(O)CC1CCN(Cc2ccc(Cl)cc2Cl)C1. The highest BCUT2D eigenvalue weighted by molar-refractivity contribution is 6.35. The highest BCUT2D eigenvalue weighted by Gasteiger charge is 2.24. The van der Waals surface area contributed by atoms with Crippen molar-refractivity contribution in [3.05, 3.63) is 33.8 Å². The molecule has 1 aromatic carbocycles. The fourth-order valence-electron chi connectivity index (χ4n) is 2.36. The molecular weight excluding hydrogens is 273 g/mol. The highest BCUT2D eigenvalue weighted by atomic mass is 35.5. The van der Waals surface area contributed by atoms with Crippen LogP contribution in [-0.4, -0.2) is 29.1 Å². The summed E-state index contributed by atoms with van der Waals surface area (Å²) in [5.74, 6) is -0.458. The zero-order valence-electron chi connectivity index (χ0n) is 9.90. The summed E-state index contributed by atoms with van der Waals surface area (Å²) >= 11 is 12.0. The molecule has 0 bridgehead atoms. The van der Waals surface area contributed by atoms with Gasteiger partial charge in [0, 0.05) is 29.6 Å². The minimum absolute atomic E-state index is 0.255. The summed E-state index contributed by atoms with van der Waals surface area (Å²) in [5, 5.41) is 10.1. The Hall–Kier alpha value is -0.770. The topological polar surface area (TPSA) is 40.5 Å². The first kappa shape index (κ1) is 13.7. The van der Waals surface area contributed by atoms with Crippen molar-refractivity contribution in [2.45, 2.75) is 19.4 Å². The third-order valence-corrected chi connectivity index (χ3v) is 3.83. The van der Waals surface area contributed by atoms with Crippen LogP contribution in [0.15, 0.2) is 18.2 Å². The molecule has 0 amide bonds. The lowest BCUT2D eigenvalue weighted by atomic mass is 10.1. The van der Waals surface area contributed by atoms with Gasteiger partial charge in [-0.05, 0) is 36.6 Å². The number of carboxylic acid groups (broad SMARTS) is 1. The van der Waals surface area contributed by atoms with Gasteiger partial charge < -0.3 is 5.11 Å². The van der Waals surface area contributed by atoms with E-state index in [1.54, 1.807) is 6.07 Å². The maximum Gasteiger partial charge on any atom is 0.303 e. The Labute approximate surface area is 116 Å². The van der Waals surface area contributed by atoms with Crippen LogP contribution in [0.5, 0.6) is 0 Å². The van der Waals surface area contributed by atoms with Gasteiger partial charge in [0.15, 0.2) is 0 Å². The zero-order chi connectivity index (χ0) is 13.1. The Morgan fingerprint density at radius 2 is 2.22 bits per heavy atom. The van der Waals surface area contributed by atoms with Crippen LogP contribution in [0.1, 0.15) is 18.4 Å². The Bertz CT molecular complexity index is 451. The molecule has 1 heterocycles. The Kier molecular flexibility index (Phi) is 4.49. The third-order valence-electron chi connectivity index (χ3n) is 3.24. The molecule has 1 aliphatic rings. The number of carbonyl (C=O) groups is 1. The van der Waals surface area contributed by atoms with Gasteiger partial charge in [-0.25, -0.2) is 0 Å². The summed E-state index contributed by atoms with van der Waals surface area (Å²) in [6.07, 6.45) is 1.20. The van der Waals surface area contributed by atoms with Crippen LogP contribution in [0.25, 0.3) is 0 Å².